The van der Waals surface area contributed by atoms with Crippen LogP contribution in [-0.2, 0) is 0 Å². The molecule has 1 aromatic rings. The summed E-state index contributed by atoms with van der Waals surface area (Å²) in [5.74, 6) is 0. The second kappa shape index (κ2) is 2.67. The quantitative estimate of drug-likeness (QED) is 0.731. The largest absolute Gasteiger partial charge is 0.280 e. The highest BCUT2D eigenvalue weighted by Crippen LogP contribution is 2.55. The number of nitrogens with zero attached hydrogens (tertiary/aromatic N) is 1. The molecule has 0 unspecified atom stereocenters. The fourth-order valence-corrected chi connectivity index (χ4v) is 2.78. The molecule has 2 N–H and O–H groups in total. The van der Waals surface area contributed by atoms with Crippen molar-refractivity contribution in [3.63, 3.8) is 0 Å². The molecule has 1 rings (SSSR count). The summed E-state index contributed by atoms with van der Waals surface area (Å²) in [5, 5.41) is 0. The molecule has 10 heavy (non-hydrogen) atoms. The standard InChI is InChI=1S/C4H6ClNO2S2/c1-3-4(9-2-6-3)10(5,7)8/h2,7-8H,1H3. The highest BCUT2D eigenvalue weighted by Gasteiger charge is 2.16. The second-order valence-electron chi connectivity index (χ2n) is 1.70. The molecule has 1 aromatic heterocycles. The molecule has 0 aliphatic heterocycles. The van der Waals surface area contributed by atoms with Crippen LogP contribution in [0.1, 0.15) is 5.69 Å². The van der Waals surface area contributed by atoms with Crippen molar-refractivity contribution in [3.8, 4) is 0 Å². The molecule has 1 heterocycles. The molecule has 0 aliphatic rings. The second-order valence-corrected chi connectivity index (χ2v) is 5.48. The van der Waals surface area contributed by atoms with E-state index in [1.807, 2.05) is 0 Å². The SMILES string of the molecule is Cc1ncsc1S(O)(O)Cl. The van der Waals surface area contributed by atoms with Crippen LogP contribution in [0, 0.1) is 6.92 Å². The van der Waals surface area contributed by atoms with Crippen molar-refractivity contribution in [2.45, 2.75) is 11.1 Å². The Kier molecular flexibility index (Phi) is 2.21. The monoisotopic (exact) mass is 199 g/mol. The molecule has 6 heteroatoms. The Hall–Kier alpha value is 0.190. The fraction of sp³-hybridized carbons (Fsp3) is 0.250. The Labute approximate surface area is 68.5 Å². The fourth-order valence-electron chi connectivity index (χ4n) is 0.540. The molecule has 0 amide bonds. The maximum Gasteiger partial charge on any atom is 0.151 e. The van der Waals surface area contributed by atoms with Crippen molar-refractivity contribution in [2.24, 2.45) is 0 Å². The van der Waals surface area contributed by atoms with Gasteiger partial charge in [-0.1, -0.05) is 9.80 Å². The van der Waals surface area contributed by atoms with Gasteiger partial charge in [-0.05, 0) is 6.92 Å². The van der Waals surface area contributed by atoms with E-state index in [1.54, 1.807) is 6.92 Å². The number of thiazole rings is 1. The van der Waals surface area contributed by atoms with Crippen molar-refractivity contribution in [3.05, 3.63) is 11.2 Å². The van der Waals surface area contributed by atoms with Gasteiger partial charge in [-0.3, -0.25) is 9.11 Å². The third-order valence-corrected chi connectivity index (χ3v) is 4.15. The molecule has 0 saturated carbocycles. The van der Waals surface area contributed by atoms with Crippen LogP contribution >= 0.6 is 31.8 Å². The summed E-state index contributed by atoms with van der Waals surface area (Å²) < 4.78 is 18.2. The molecule has 0 aromatic carbocycles. The van der Waals surface area contributed by atoms with Gasteiger partial charge in [-0.15, -0.1) is 11.3 Å². The van der Waals surface area contributed by atoms with Crippen LogP contribution in [0.3, 0.4) is 0 Å². The molecule has 58 valence electrons. The Balaban J connectivity index is 3.05. The van der Waals surface area contributed by atoms with Gasteiger partial charge in [0.15, 0.2) is 4.21 Å². The van der Waals surface area contributed by atoms with Gasteiger partial charge in [-0.25, -0.2) is 4.98 Å². The summed E-state index contributed by atoms with van der Waals surface area (Å²) in [4.78, 5) is 3.82. The van der Waals surface area contributed by atoms with Gasteiger partial charge in [0.25, 0.3) is 0 Å². The maximum atomic E-state index is 8.93. The lowest BCUT2D eigenvalue weighted by Crippen LogP contribution is -1.87. The lowest BCUT2D eigenvalue weighted by molar-refractivity contribution is 0.509. The maximum absolute atomic E-state index is 8.93. The van der Waals surface area contributed by atoms with Crippen molar-refractivity contribution in [1.29, 1.82) is 0 Å². The Morgan fingerprint density at radius 3 is 2.50 bits per heavy atom. The number of hydrogen-bond donors (Lipinski definition) is 2. The van der Waals surface area contributed by atoms with E-state index in [9.17, 15) is 0 Å². The molecule has 0 fully saturated rings. The first kappa shape index (κ1) is 8.29. The first-order valence-electron chi connectivity index (χ1n) is 2.40. The average Bonchev–Trinajstić information content (AvgIpc) is 2.11. The highest BCUT2D eigenvalue weighted by atomic mass is 35.7. The summed E-state index contributed by atoms with van der Waals surface area (Å²) in [6.45, 7) is 1.68. The van der Waals surface area contributed by atoms with Crippen LogP contribution in [0.25, 0.3) is 0 Å². The normalized spacial score (nSPS) is 13.6. The first-order chi connectivity index (χ1) is 4.52. The minimum Gasteiger partial charge on any atom is -0.280 e. The molecule has 3 nitrogen and oxygen atoms in total. The van der Waals surface area contributed by atoms with Gasteiger partial charge >= 0.3 is 0 Å². The van der Waals surface area contributed by atoms with Crippen molar-refractivity contribution in [1.82, 2.24) is 4.98 Å². The Bertz CT molecular complexity index is 231. The predicted octanol–water partition coefficient (Wildman–Crippen LogP) is 2.71. The average molecular weight is 200 g/mol. The highest BCUT2D eigenvalue weighted by molar-refractivity contribution is 8.43. The molecule has 0 saturated heterocycles. The molecular formula is C4H6ClNO2S2. The predicted molar refractivity (Wildman–Crippen MR) is 43.8 cm³/mol. The van der Waals surface area contributed by atoms with Crippen LogP contribution in [0.2, 0.25) is 0 Å². The van der Waals surface area contributed by atoms with E-state index < -0.39 is 9.80 Å². The molecular weight excluding hydrogens is 194 g/mol. The van der Waals surface area contributed by atoms with Gasteiger partial charge in [0.05, 0.1) is 11.2 Å². The molecule has 0 radical (unpaired) electrons. The number of hydrogen-bond acceptors (Lipinski definition) is 4. The van der Waals surface area contributed by atoms with Gasteiger partial charge in [0.2, 0.25) is 0 Å². The Morgan fingerprint density at radius 2 is 2.30 bits per heavy atom. The van der Waals surface area contributed by atoms with Crippen LogP contribution in [-0.4, -0.2) is 14.1 Å². The summed E-state index contributed by atoms with van der Waals surface area (Å²) in [6.07, 6.45) is 0. The van der Waals surface area contributed by atoms with Crippen LogP contribution < -0.4 is 0 Å². The summed E-state index contributed by atoms with van der Waals surface area (Å²) in [7, 11) is 2.21. The lowest BCUT2D eigenvalue weighted by atomic mass is 10.6. The summed E-state index contributed by atoms with van der Waals surface area (Å²) >= 11 is 1.15. The van der Waals surface area contributed by atoms with E-state index in [4.69, 9.17) is 19.8 Å². The molecule has 0 spiro atoms. The zero-order chi connectivity index (χ0) is 7.78. The van der Waals surface area contributed by atoms with Crippen LogP contribution in [0.4, 0.5) is 0 Å². The zero-order valence-electron chi connectivity index (χ0n) is 5.11. The van der Waals surface area contributed by atoms with Crippen molar-refractivity contribution in [2.75, 3.05) is 0 Å². The number of aryl methyl sites for hydroxylation is 1. The molecule has 0 atom stereocenters. The van der Waals surface area contributed by atoms with Gasteiger partial charge in [0, 0.05) is 10.7 Å². The Morgan fingerprint density at radius 1 is 1.70 bits per heavy atom. The van der Waals surface area contributed by atoms with E-state index in [-0.39, 0.29) is 0 Å². The minimum absolute atomic E-state index is 0.356. The lowest BCUT2D eigenvalue weighted by Gasteiger charge is -2.20. The van der Waals surface area contributed by atoms with Crippen LogP contribution in [0.5, 0.6) is 0 Å². The van der Waals surface area contributed by atoms with E-state index in [2.05, 4.69) is 4.98 Å². The third-order valence-electron chi connectivity index (χ3n) is 0.937. The van der Waals surface area contributed by atoms with E-state index in [0.29, 0.717) is 9.90 Å². The number of halogens is 1. The smallest absolute Gasteiger partial charge is 0.151 e. The van der Waals surface area contributed by atoms with Gasteiger partial charge in [0.1, 0.15) is 0 Å². The van der Waals surface area contributed by atoms with E-state index >= 15 is 0 Å². The van der Waals surface area contributed by atoms with Gasteiger partial charge in [-0.2, -0.15) is 0 Å². The van der Waals surface area contributed by atoms with Crippen molar-refractivity contribution < 1.29 is 9.11 Å². The minimum atomic E-state index is -3.06. The van der Waals surface area contributed by atoms with Gasteiger partial charge < -0.3 is 0 Å². The van der Waals surface area contributed by atoms with E-state index in [1.165, 1.54) is 5.51 Å². The molecule has 0 bridgehead atoms. The summed E-state index contributed by atoms with van der Waals surface area (Å²) in [5.41, 5.74) is 2.11. The van der Waals surface area contributed by atoms with E-state index in [0.717, 1.165) is 11.3 Å². The topological polar surface area (TPSA) is 53.4 Å². The summed E-state index contributed by atoms with van der Waals surface area (Å²) in [6, 6.07) is 0. The number of aromatic nitrogens is 1. The van der Waals surface area contributed by atoms with Crippen molar-refractivity contribution >= 4 is 31.8 Å². The third kappa shape index (κ3) is 1.62. The first-order valence-corrected chi connectivity index (χ1v) is 5.65. The number of rotatable bonds is 1. The molecule has 0 aliphatic carbocycles. The zero-order valence-corrected chi connectivity index (χ0v) is 7.50. The van der Waals surface area contributed by atoms with Crippen LogP contribution in [0.15, 0.2) is 9.72 Å².